The van der Waals surface area contributed by atoms with Crippen LogP contribution in [0.4, 0.5) is 0 Å². The topological polar surface area (TPSA) is 52.6 Å². The zero-order valence-corrected chi connectivity index (χ0v) is 16.1. The van der Waals surface area contributed by atoms with Crippen molar-refractivity contribution in [3.63, 3.8) is 0 Å². The highest BCUT2D eigenvalue weighted by Gasteiger charge is 2.29. The smallest absolute Gasteiger partial charge is 0.314 e. The summed E-state index contributed by atoms with van der Waals surface area (Å²) < 4.78 is 11.3. The Labute approximate surface area is 165 Å². The number of aryl methyl sites for hydroxylation is 1. The van der Waals surface area contributed by atoms with Gasteiger partial charge in [0.1, 0.15) is 11.5 Å². The molecule has 28 heavy (non-hydrogen) atoms. The van der Waals surface area contributed by atoms with Crippen LogP contribution >= 0.6 is 0 Å². The van der Waals surface area contributed by atoms with Crippen molar-refractivity contribution in [2.24, 2.45) is 5.92 Å². The molecule has 0 amide bonds. The summed E-state index contributed by atoms with van der Waals surface area (Å²) in [5.41, 5.74) is 2.65. The molecule has 2 aromatic carbocycles. The average molecular weight is 376 g/mol. The lowest BCUT2D eigenvalue weighted by molar-refractivity contribution is -0.139. The van der Waals surface area contributed by atoms with E-state index in [9.17, 15) is 9.59 Å². The molecule has 2 aliphatic rings. The summed E-state index contributed by atoms with van der Waals surface area (Å²) >= 11 is 0. The minimum Gasteiger partial charge on any atom is -0.452 e. The number of carbonyl (C=O) groups excluding carboxylic acids is 2. The van der Waals surface area contributed by atoms with E-state index < -0.39 is 0 Å². The van der Waals surface area contributed by atoms with Crippen molar-refractivity contribution in [1.82, 2.24) is 0 Å². The van der Waals surface area contributed by atoms with Crippen molar-refractivity contribution < 1.29 is 19.1 Å². The third-order valence-corrected chi connectivity index (χ3v) is 5.48. The van der Waals surface area contributed by atoms with Crippen LogP contribution in [0.25, 0.3) is 6.08 Å². The molecule has 0 radical (unpaired) electrons. The van der Waals surface area contributed by atoms with Crippen LogP contribution in [0.1, 0.15) is 60.5 Å². The summed E-state index contributed by atoms with van der Waals surface area (Å²) in [6, 6.07) is 13.0. The highest BCUT2D eigenvalue weighted by molar-refractivity contribution is 6.14. The van der Waals surface area contributed by atoms with Crippen LogP contribution in [0.3, 0.4) is 0 Å². The summed E-state index contributed by atoms with van der Waals surface area (Å²) in [7, 11) is 0. The number of ketones is 1. The summed E-state index contributed by atoms with van der Waals surface area (Å²) in [4.78, 5) is 25.0. The van der Waals surface area contributed by atoms with Gasteiger partial charge >= 0.3 is 5.97 Å². The molecule has 4 heteroatoms. The van der Waals surface area contributed by atoms with Gasteiger partial charge in [-0.2, -0.15) is 0 Å². The molecule has 1 heterocycles. The molecule has 0 unspecified atom stereocenters. The SMILES string of the molecule is CCc1ccc(C=C2Oc3cc(OC(=O)C4CCCCC4)ccc3C2=O)cc1. The number of allylic oxidation sites excluding steroid dienone is 1. The van der Waals surface area contributed by atoms with E-state index in [1.54, 1.807) is 24.3 Å². The van der Waals surface area contributed by atoms with Gasteiger partial charge in [-0.3, -0.25) is 9.59 Å². The molecule has 1 saturated carbocycles. The molecule has 2 aromatic rings. The molecule has 1 aliphatic carbocycles. The largest absolute Gasteiger partial charge is 0.452 e. The molecule has 0 spiro atoms. The Kier molecular flexibility index (Phi) is 5.29. The molecule has 4 nitrogen and oxygen atoms in total. The summed E-state index contributed by atoms with van der Waals surface area (Å²) in [5, 5.41) is 0. The first kappa shape index (κ1) is 18.5. The minimum atomic E-state index is -0.184. The Morgan fingerprint density at radius 1 is 1.11 bits per heavy atom. The van der Waals surface area contributed by atoms with Crippen molar-refractivity contribution in [3.05, 3.63) is 64.9 Å². The molecule has 4 rings (SSSR count). The third-order valence-electron chi connectivity index (χ3n) is 5.48. The predicted molar refractivity (Wildman–Crippen MR) is 107 cm³/mol. The Morgan fingerprint density at radius 2 is 1.86 bits per heavy atom. The van der Waals surface area contributed by atoms with Gasteiger partial charge in [0.15, 0.2) is 5.76 Å². The lowest BCUT2D eigenvalue weighted by Gasteiger charge is -2.19. The van der Waals surface area contributed by atoms with Crippen molar-refractivity contribution in [2.75, 3.05) is 0 Å². The zero-order valence-electron chi connectivity index (χ0n) is 16.1. The highest BCUT2D eigenvalue weighted by Crippen LogP contribution is 2.35. The van der Waals surface area contributed by atoms with Crippen LogP contribution in [0.15, 0.2) is 48.2 Å². The van der Waals surface area contributed by atoms with Gasteiger partial charge in [-0.1, -0.05) is 50.5 Å². The van der Waals surface area contributed by atoms with Crippen LogP contribution in [0, 0.1) is 5.92 Å². The van der Waals surface area contributed by atoms with E-state index in [0.29, 0.717) is 17.1 Å². The Hall–Kier alpha value is -2.88. The Morgan fingerprint density at radius 3 is 2.57 bits per heavy atom. The molecule has 1 aliphatic heterocycles. The van der Waals surface area contributed by atoms with E-state index in [1.807, 2.05) is 24.3 Å². The first-order chi connectivity index (χ1) is 13.6. The molecule has 144 valence electrons. The van der Waals surface area contributed by atoms with Gasteiger partial charge in [-0.25, -0.2) is 0 Å². The predicted octanol–water partition coefficient (Wildman–Crippen LogP) is 5.35. The second-order valence-electron chi connectivity index (χ2n) is 7.45. The molecule has 0 bridgehead atoms. The van der Waals surface area contributed by atoms with E-state index >= 15 is 0 Å². The van der Waals surface area contributed by atoms with E-state index in [1.165, 1.54) is 12.0 Å². The molecule has 0 saturated heterocycles. The molecule has 0 atom stereocenters. The Bertz CT molecular complexity index is 918. The fourth-order valence-electron chi connectivity index (χ4n) is 3.77. The average Bonchev–Trinajstić information content (AvgIpc) is 3.04. The number of hydrogen-bond acceptors (Lipinski definition) is 4. The van der Waals surface area contributed by atoms with Crippen molar-refractivity contribution >= 4 is 17.8 Å². The fourth-order valence-corrected chi connectivity index (χ4v) is 3.77. The monoisotopic (exact) mass is 376 g/mol. The third kappa shape index (κ3) is 3.86. The number of esters is 1. The van der Waals surface area contributed by atoms with Gasteiger partial charge in [0, 0.05) is 6.07 Å². The van der Waals surface area contributed by atoms with Crippen LogP contribution in [0.2, 0.25) is 0 Å². The number of fused-ring (bicyclic) bond motifs is 1. The number of ether oxygens (including phenoxy) is 2. The molecule has 1 fully saturated rings. The van der Waals surface area contributed by atoms with Gasteiger partial charge in [0.25, 0.3) is 0 Å². The number of rotatable bonds is 4. The van der Waals surface area contributed by atoms with Crippen LogP contribution < -0.4 is 9.47 Å². The van der Waals surface area contributed by atoms with Gasteiger partial charge in [-0.05, 0) is 48.6 Å². The first-order valence-corrected chi connectivity index (χ1v) is 10.0. The lowest BCUT2D eigenvalue weighted by atomic mass is 9.89. The van der Waals surface area contributed by atoms with E-state index in [2.05, 4.69) is 6.92 Å². The van der Waals surface area contributed by atoms with Crippen LogP contribution in [0.5, 0.6) is 11.5 Å². The van der Waals surface area contributed by atoms with E-state index in [0.717, 1.165) is 37.7 Å². The van der Waals surface area contributed by atoms with Crippen molar-refractivity contribution in [2.45, 2.75) is 45.4 Å². The molecule has 0 aromatic heterocycles. The Balaban J connectivity index is 1.49. The van der Waals surface area contributed by atoms with E-state index in [4.69, 9.17) is 9.47 Å². The van der Waals surface area contributed by atoms with E-state index in [-0.39, 0.29) is 23.4 Å². The first-order valence-electron chi connectivity index (χ1n) is 10.0. The maximum absolute atomic E-state index is 12.6. The quantitative estimate of drug-likeness (QED) is 0.410. The maximum atomic E-state index is 12.6. The van der Waals surface area contributed by atoms with Gasteiger partial charge < -0.3 is 9.47 Å². The molecular formula is C24H24O4. The second kappa shape index (κ2) is 8.01. The lowest BCUT2D eigenvalue weighted by Crippen LogP contribution is -2.22. The number of hydrogen-bond donors (Lipinski definition) is 0. The summed E-state index contributed by atoms with van der Waals surface area (Å²) in [6.07, 6.45) is 7.85. The summed E-state index contributed by atoms with van der Waals surface area (Å²) in [5.74, 6) is 0.794. The minimum absolute atomic E-state index is 0.0221. The molecule has 0 N–H and O–H groups in total. The normalized spacial score (nSPS) is 18.0. The second-order valence-corrected chi connectivity index (χ2v) is 7.45. The van der Waals surface area contributed by atoms with Gasteiger partial charge in [0.2, 0.25) is 5.78 Å². The zero-order chi connectivity index (χ0) is 19.5. The van der Waals surface area contributed by atoms with Crippen molar-refractivity contribution in [1.29, 1.82) is 0 Å². The fraction of sp³-hybridized carbons (Fsp3) is 0.333. The van der Waals surface area contributed by atoms with Gasteiger partial charge in [-0.15, -0.1) is 0 Å². The maximum Gasteiger partial charge on any atom is 0.314 e. The molecular weight excluding hydrogens is 352 g/mol. The van der Waals surface area contributed by atoms with Crippen molar-refractivity contribution in [3.8, 4) is 11.5 Å². The standard InChI is InChI=1S/C24H24O4/c1-2-16-8-10-17(11-9-16)14-22-23(25)20-13-12-19(15-21(20)28-22)27-24(26)18-6-4-3-5-7-18/h8-15,18H,2-7H2,1H3. The van der Waals surface area contributed by atoms with Crippen LogP contribution in [-0.4, -0.2) is 11.8 Å². The number of carbonyl (C=O) groups is 2. The highest BCUT2D eigenvalue weighted by atomic mass is 16.5. The van der Waals surface area contributed by atoms with Gasteiger partial charge in [0.05, 0.1) is 11.5 Å². The number of benzene rings is 2. The number of Topliss-reactive ketones (excluding diaryl/α,β-unsaturated/α-hetero) is 1. The summed E-state index contributed by atoms with van der Waals surface area (Å²) in [6.45, 7) is 2.10. The van der Waals surface area contributed by atoms with Crippen LogP contribution in [-0.2, 0) is 11.2 Å².